The number of nitrogens with two attached hydrogens (primary N) is 1. The van der Waals surface area contributed by atoms with Gasteiger partial charge >= 0.3 is 11.9 Å². The molecule has 25 N–H and O–H groups in total. The Kier molecular flexibility index (Phi) is 46.7. The molecule has 1 aliphatic heterocycles. The van der Waals surface area contributed by atoms with Gasteiger partial charge in [0.2, 0.25) is 23.6 Å². The van der Waals surface area contributed by atoms with Crippen molar-refractivity contribution in [1.82, 2.24) is 106 Å². The van der Waals surface area contributed by atoms with Crippen molar-refractivity contribution < 1.29 is 131 Å². The topological polar surface area (TPSA) is 732 Å². The second-order valence-electron chi connectivity index (χ2n) is 28.3. The minimum absolute atomic E-state index is 0.0412. The van der Waals surface area contributed by atoms with Gasteiger partial charge in [-0.15, -0.1) is 0 Å². The predicted octanol–water partition coefficient (Wildman–Crippen LogP) is -12.5. The number of carboxylic acid groups (broad SMARTS) is 2. The molecule has 48 nitrogen and oxygen atoms in total. The first-order chi connectivity index (χ1) is 56.1. The first-order valence-electron chi connectivity index (χ1n) is 37.7. The van der Waals surface area contributed by atoms with Crippen LogP contribution in [0, 0.1) is 11.8 Å². The van der Waals surface area contributed by atoms with E-state index < -0.39 is 237 Å². The molecule has 1 heterocycles. The molecule has 11 amide bonds. The number of hydrogen-bond acceptors (Lipinski definition) is 34. The zero-order valence-corrected chi connectivity index (χ0v) is 67.0. The van der Waals surface area contributed by atoms with Gasteiger partial charge in [0.05, 0.1) is 86.7 Å². The van der Waals surface area contributed by atoms with E-state index >= 15 is 4.79 Å². The fourth-order valence-electron chi connectivity index (χ4n) is 11.2. The van der Waals surface area contributed by atoms with Crippen LogP contribution in [0.15, 0.2) is 24.3 Å². The van der Waals surface area contributed by atoms with E-state index in [2.05, 4.69) is 85.1 Å². The number of benzene rings is 1. The number of amides is 11. The summed E-state index contributed by atoms with van der Waals surface area (Å²) >= 11 is 0. The quantitative estimate of drug-likeness (QED) is 0.0164. The number of likely N-dealkylation sites (tertiary alicyclic amines) is 1. The lowest BCUT2D eigenvalue weighted by Crippen LogP contribution is -2.70. The lowest BCUT2D eigenvalue weighted by Gasteiger charge is -2.33. The standard InChI is InChI=1S/C71H112N21O27/c1-10-36(4)47(32-99)80-61(71(118)119)84-52(106)25-90(8)68(115)58(78-43(28-95)23-53(107)108)83-51(105)24-91(9)69(116)59(77-42(27-94)22-40-16-18-45(104)19-17-40)88-62(109)37(5)74-63(110)50-15-13-21-92(50)70(117)60(79-46(31-98)35(2)3)89-67(114)57(82-49(34-101)39(7)103)87-65(112)55(76-41(26-93)14-11-12-20-72)86-66(113)56(81-48(33-100)38(6)102)85-64(111)54(73)75-44(29-96)30-97/h16-19,26-29,31-39,41-44,46-50,54-61,73,75-82,97,102-104H,10-15,20-25,30,72H2,1-9H3,(H,74,110)(H,83,105)(H,84,106)(H,85,111)(H,86,113)(H,87,112)(H,88,109)(H,89,114)(H,107,108)(H,118,119)/t36-,37+,38+,39+,41-,42-,43-,44+,46+,47+,48+,49+,50-,54+,55-,56+,57+,58+,59+,60-,61+/m1/s1. The molecule has 119 heavy (non-hydrogen) atoms. The number of phenols is 1. The van der Waals surface area contributed by atoms with Crippen LogP contribution in [0.5, 0.6) is 5.75 Å². The first-order valence-corrected chi connectivity index (χ1v) is 37.7. The molecule has 21 atom stereocenters. The number of aliphatic hydroxyl groups excluding tert-OH is 3. The van der Waals surface area contributed by atoms with Gasteiger partial charge in [-0.3, -0.25) is 100 Å². The number of aldehydes is 8. The number of carbonyl (C=O) groups excluding carboxylic acids is 19. The number of unbranched alkanes of at least 4 members (excludes halogenated alkanes) is 1. The summed E-state index contributed by atoms with van der Waals surface area (Å²) in [4.78, 5) is 281. The monoisotopic (exact) mass is 1690 g/mol. The lowest BCUT2D eigenvalue weighted by molar-refractivity contribution is -0.145. The molecule has 1 aromatic rings. The molecule has 0 unspecified atom stereocenters. The number of phenolic OH excluding ortho intramolecular Hbond substituents is 1. The van der Waals surface area contributed by atoms with Crippen LogP contribution in [0.2, 0.25) is 0 Å². The average molecular weight is 1690 g/mol. The summed E-state index contributed by atoms with van der Waals surface area (Å²) in [5.74, 6) is -18.5. The summed E-state index contributed by atoms with van der Waals surface area (Å²) in [6.45, 7) is 6.63. The number of nitrogens with one attached hydrogen (secondary N) is 17. The van der Waals surface area contributed by atoms with Gasteiger partial charge in [-0.1, -0.05) is 52.7 Å². The van der Waals surface area contributed by atoms with Crippen molar-refractivity contribution in [3.8, 4) is 5.75 Å². The molecule has 0 bridgehead atoms. The van der Waals surface area contributed by atoms with Crippen molar-refractivity contribution in [2.45, 2.75) is 222 Å². The van der Waals surface area contributed by atoms with Crippen LogP contribution in [0.4, 0.5) is 0 Å². The van der Waals surface area contributed by atoms with Crippen molar-refractivity contribution >= 4 is 127 Å². The van der Waals surface area contributed by atoms with E-state index in [1.165, 1.54) is 38.1 Å². The third-order valence-electron chi connectivity index (χ3n) is 18.4. The number of aromatic hydroxyl groups is 1. The highest BCUT2D eigenvalue weighted by atomic mass is 16.4. The maximum atomic E-state index is 15.1. The predicted molar refractivity (Wildman–Crippen MR) is 411 cm³/mol. The van der Waals surface area contributed by atoms with Crippen molar-refractivity contribution in [3.63, 3.8) is 0 Å². The van der Waals surface area contributed by atoms with E-state index in [4.69, 9.17) is 11.5 Å². The Bertz CT molecular complexity index is 3620. The second-order valence-corrected chi connectivity index (χ2v) is 28.3. The molecular formula is C71H112N21O27. The molecule has 48 heteroatoms. The van der Waals surface area contributed by atoms with Crippen molar-refractivity contribution in [2.75, 3.05) is 46.9 Å². The zero-order chi connectivity index (χ0) is 90.1. The van der Waals surface area contributed by atoms with E-state index in [-0.39, 0.29) is 76.1 Å². The van der Waals surface area contributed by atoms with Crippen LogP contribution in [-0.4, -0.2) is 341 Å². The lowest BCUT2D eigenvalue weighted by atomic mass is 10.0. The Morgan fingerprint density at radius 1 is 0.521 bits per heavy atom. The normalized spacial score (nSPS) is 17.6. The van der Waals surface area contributed by atoms with Crippen molar-refractivity contribution in [1.29, 1.82) is 0 Å². The Labute approximate surface area is 683 Å². The summed E-state index contributed by atoms with van der Waals surface area (Å²) in [5, 5.41) is 97.1. The number of hydrogen-bond donors (Lipinski definition) is 23. The number of rotatable bonds is 60. The van der Waals surface area contributed by atoms with E-state index in [1.54, 1.807) is 13.8 Å². The van der Waals surface area contributed by atoms with Crippen LogP contribution in [-0.2, 0) is 107 Å². The number of aliphatic carboxylic acids is 2. The van der Waals surface area contributed by atoms with Crippen LogP contribution < -0.4 is 96.5 Å². The van der Waals surface area contributed by atoms with E-state index in [0.29, 0.717) is 53.3 Å². The van der Waals surface area contributed by atoms with Crippen molar-refractivity contribution in [3.05, 3.63) is 29.8 Å². The largest absolute Gasteiger partial charge is 0.508 e. The molecule has 1 aromatic carbocycles. The van der Waals surface area contributed by atoms with Crippen LogP contribution >= 0.6 is 0 Å². The minimum Gasteiger partial charge on any atom is -0.508 e. The fraction of sp³-hybridized carbons (Fsp3) is 0.620. The van der Waals surface area contributed by atoms with Crippen LogP contribution in [0.25, 0.3) is 0 Å². The van der Waals surface area contributed by atoms with E-state index in [9.17, 15) is 127 Å². The number of carbonyl (C=O) groups is 21. The second kappa shape index (κ2) is 53.4. The van der Waals surface area contributed by atoms with Gasteiger partial charge in [0, 0.05) is 20.6 Å². The van der Waals surface area contributed by atoms with Crippen LogP contribution in [0.1, 0.15) is 99.0 Å². The summed E-state index contributed by atoms with van der Waals surface area (Å²) in [6.07, 6.45) is -18.8. The first kappa shape index (κ1) is 104. The van der Waals surface area contributed by atoms with E-state index in [0.717, 1.165) is 39.8 Å². The van der Waals surface area contributed by atoms with Gasteiger partial charge in [0.1, 0.15) is 68.1 Å². The molecule has 1 radical (unpaired) electrons. The molecule has 1 aliphatic rings. The molecule has 1 saturated heterocycles. The highest BCUT2D eigenvalue weighted by Gasteiger charge is 2.43. The van der Waals surface area contributed by atoms with Gasteiger partial charge < -0.3 is 132 Å². The number of aliphatic hydroxyl groups is 3. The SMILES string of the molecule is CC[C@@H](C)[C@H](C=O)N[C@@H](NC(=O)CN(C)C(=O)[C@H](NC(=O)CN(C)C(=O)[C@H](NC(=O)[C@H](C)NC(=O)[C@H]1CCCN1C(=O)[C@@H](NC(=O)[C@H](NC(=O)[C@@H](NC(=O)[C@H](NC(=O)[C@@H]([NH])N[C@@H](C=O)CO)N[C@@H](C=O)[C@H](C)O)N[C@@H](C=O)CCCCN)N[C@@H](C=O)[C@H](C)O)N[C@@H](C=O)C(C)C)N[C@@H](C=O)Cc1ccc(O)cc1)N[C@@H](C=O)CC(=O)O)C(=O)O. The van der Waals surface area contributed by atoms with Gasteiger partial charge in [-0.05, 0) is 89.0 Å². The molecule has 2 rings (SSSR count). The zero-order valence-electron chi connectivity index (χ0n) is 67.0. The average Bonchev–Trinajstić information content (AvgIpc) is 1.80. The summed E-state index contributed by atoms with van der Waals surface area (Å²) < 4.78 is 0. The molecule has 0 saturated carbocycles. The molecule has 663 valence electrons. The Hall–Kier alpha value is -11.0. The van der Waals surface area contributed by atoms with Crippen LogP contribution in [0.3, 0.4) is 0 Å². The fourth-order valence-corrected chi connectivity index (χ4v) is 11.2. The van der Waals surface area contributed by atoms with Gasteiger partial charge in [0.25, 0.3) is 41.4 Å². The molecule has 0 spiro atoms. The number of likely N-dealkylation sites (N-methyl/N-ethyl adjacent to an activating group) is 2. The highest BCUT2D eigenvalue weighted by molar-refractivity contribution is 5.99. The minimum atomic E-state index is -2.32. The maximum Gasteiger partial charge on any atom is 0.341 e. The van der Waals surface area contributed by atoms with Gasteiger partial charge in [-0.25, -0.2) is 10.5 Å². The molecule has 0 aromatic heterocycles. The third kappa shape index (κ3) is 35.6. The number of carboxylic acids is 2. The van der Waals surface area contributed by atoms with Crippen molar-refractivity contribution in [2.24, 2.45) is 17.6 Å². The summed E-state index contributed by atoms with van der Waals surface area (Å²) in [5.41, 5.74) is 14.3. The van der Waals surface area contributed by atoms with E-state index in [1.807, 2.05) is 0 Å². The molecular weight excluding hydrogens is 1580 g/mol. The Balaban J connectivity index is 2.70. The number of nitrogens with zero attached hydrogens (tertiary/aromatic N) is 3. The maximum absolute atomic E-state index is 15.1. The molecule has 0 aliphatic carbocycles. The summed E-state index contributed by atoms with van der Waals surface area (Å²) in [6, 6.07) is -9.63. The summed E-state index contributed by atoms with van der Waals surface area (Å²) in [7, 11) is 2.00. The Morgan fingerprint density at radius 2 is 0.958 bits per heavy atom. The van der Waals surface area contributed by atoms with Gasteiger partial charge in [0.15, 0.2) is 49.3 Å². The Morgan fingerprint density at radius 3 is 1.40 bits per heavy atom. The van der Waals surface area contributed by atoms with Gasteiger partial charge in [-0.2, -0.15) is 0 Å². The smallest absolute Gasteiger partial charge is 0.341 e. The molecule has 1 fully saturated rings. The third-order valence-corrected chi connectivity index (χ3v) is 18.4. The highest BCUT2D eigenvalue weighted by Crippen LogP contribution is 2.20.